The topological polar surface area (TPSA) is 26.8 Å². The van der Waals surface area contributed by atoms with Gasteiger partial charge in [0, 0.05) is 38.8 Å². The summed E-state index contributed by atoms with van der Waals surface area (Å²) in [6, 6.07) is 2.78. The highest BCUT2D eigenvalue weighted by atomic mass is 32.1. The number of thiophene rings is 1. The summed E-state index contributed by atoms with van der Waals surface area (Å²) in [5.41, 5.74) is 1.40. The second-order valence-corrected chi connectivity index (χ2v) is 8.35. The number of piperidine rings is 1. The molecular weight excluding hydrogens is 318 g/mol. The first-order valence-corrected chi connectivity index (χ1v) is 10.3. The average molecular weight is 350 g/mol. The van der Waals surface area contributed by atoms with Crippen molar-refractivity contribution in [3.63, 3.8) is 0 Å². The molecule has 4 nitrogen and oxygen atoms in total. The number of rotatable bonds is 5. The molecule has 2 aliphatic rings. The Labute approximate surface area is 150 Å². The number of nitrogens with zero attached hydrogens (tertiary/aromatic N) is 3. The molecule has 0 spiro atoms. The first-order valence-electron chi connectivity index (χ1n) is 9.39. The Bertz CT molecular complexity index is 509. The molecular formula is C19H31N3OS. The van der Waals surface area contributed by atoms with E-state index in [1.54, 1.807) is 11.3 Å². The number of carbonyl (C=O) groups is 1. The summed E-state index contributed by atoms with van der Waals surface area (Å²) in [6.07, 6.45) is 3.80. The van der Waals surface area contributed by atoms with Crippen molar-refractivity contribution >= 4 is 17.2 Å². The minimum Gasteiger partial charge on any atom is -0.339 e. The molecule has 1 unspecified atom stereocenters. The number of piperazine rings is 1. The maximum atomic E-state index is 12.7. The van der Waals surface area contributed by atoms with E-state index < -0.39 is 0 Å². The zero-order chi connectivity index (χ0) is 16.9. The van der Waals surface area contributed by atoms with E-state index in [9.17, 15) is 4.79 Å². The monoisotopic (exact) mass is 349 g/mol. The van der Waals surface area contributed by atoms with Crippen LogP contribution < -0.4 is 0 Å². The number of hydrogen-bond acceptors (Lipinski definition) is 4. The van der Waals surface area contributed by atoms with Crippen molar-refractivity contribution in [1.29, 1.82) is 0 Å². The predicted molar refractivity (Wildman–Crippen MR) is 100 cm³/mol. The lowest BCUT2D eigenvalue weighted by molar-refractivity contribution is -0.135. The van der Waals surface area contributed by atoms with E-state index in [1.165, 1.54) is 24.8 Å². The first kappa shape index (κ1) is 17.9. The van der Waals surface area contributed by atoms with Gasteiger partial charge in [-0.1, -0.05) is 20.3 Å². The third-order valence-electron chi connectivity index (χ3n) is 5.48. The summed E-state index contributed by atoms with van der Waals surface area (Å²) in [6.45, 7) is 11.1. The SMILES string of the molecule is CC(C)C1CCCCN1CC(=O)N1CCN(Cc2ccsc2)CC1. The van der Waals surface area contributed by atoms with Gasteiger partial charge in [-0.3, -0.25) is 14.6 Å². The summed E-state index contributed by atoms with van der Waals surface area (Å²) in [7, 11) is 0. The number of amides is 1. The smallest absolute Gasteiger partial charge is 0.236 e. The lowest BCUT2D eigenvalue weighted by atomic mass is 9.93. The van der Waals surface area contributed by atoms with Gasteiger partial charge in [-0.15, -0.1) is 0 Å². The highest BCUT2D eigenvalue weighted by Crippen LogP contribution is 2.23. The molecule has 2 saturated heterocycles. The van der Waals surface area contributed by atoms with E-state index in [-0.39, 0.29) is 0 Å². The summed E-state index contributed by atoms with van der Waals surface area (Å²) < 4.78 is 0. The standard InChI is InChI=1S/C19H31N3OS/c1-16(2)18-5-3-4-7-22(18)14-19(23)21-10-8-20(9-11-21)13-17-6-12-24-15-17/h6,12,15-16,18H,3-5,7-11,13-14H2,1-2H3. The third kappa shape index (κ3) is 4.58. The van der Waals surface area contributed by atoms with E-state index in [0.717, 1.165) is 39.3 Å². The number of likely N-dealkylation sites (tertiary alicyclic amines) is 1. The third-order valence-corrected chi connectivity index (χ3v) is 6.22. The van der Waals surface area contributed by atoms with E-state index in [4.69, 9.17) is 0 Å². The lowest BCUT2D eigenvalue weighted by Gasteiger charge is -2.40. The minimum atomic E-state index is 0.331. The number of hydrogen-bond donors (Lipinski definition) is 0. The Morgan fingerprint density at radius 1 is 1.21 bits per heavy atom. The first-order chi connectivity index (χ1) is 11.6. The number of carbonyl (C=O) groups excluding carboxylic acids is 1. The molecule has 0 saturated carbocycles. The van der Waals surface area contributed by atoms with Gasteiger partial charge in [0.2, 0.25) is 5.91 Å². The van der Waals surface area contributed by atoms with Crippen LogP contribution in [0.1, 0.15) is 38.7 Å². The molecule has 0 N–H and O–H groups in total. The van der Waals surface area contributed by atoms with Crippen LogP contribution in [-0.2, 0) is 11.3 Å². The maximum Gasteiger partial charge on any atom is 0.236 e. The van der Waals surface area contributed by atoms with E-state index in [0.29, 0.717) is 24.4 Å². The fraction of sp³-hybridized carbons (Fsp3) is 0.737. The van der Waals surface area contributed by atoms with Gasteiger partial charge in [-0.2, -0.15) is 11.3 Å². The summed E-state index contributed by atoms with van der Waals surface area (Å²) >= 11 is 1.76. The fourth-order valence-corrected chi connectivity index (χ4v) is 4.70. The Balaban J connectivity index is 1.46. The molecule has 0 aromatic carbocycles. The van der Waals surface area contributed by atoms with Crippen LogP contribution in [-0.4, -0.2) is 65.9 Å². The Kier molecular flexibility index (Phi) is 6.31. The second-order valence-electron chi connectivity index (χ2n) is 7.57. The lowest BCUT2D eigenvalue weighted by Crippen LogP contribution is -2.53. The Morgan fingerprint density at radius 2 is 2.00 bits per heavy atom. The molecule has 2 aliphatic heterocycles. The molecule has 24 heavy (non-hydrogen) atoms. The van der Waals surface area contributed by atoms with Crippen LogP contribution in [0.3, 0.4) is 0 Å². The van der Waals surface area contributed by atoms with E-state index >= 15 is 0 Å². The second kappa shape index (κ2) is 8.45. The van der Waals surface area contributed by atoms with Crippen molar-refractivity contribution < 1.29 is 4.79 Å². The molecule has 134 valence electrons. The molecule has 2 fully saturated rings. The normalized spacial score (nSPS) is 23.8. The van der Waals surface area contributed by atoms with Crippen molar-refractivity contribution in [3.8, 4) is 0 Å². The van der Waals surface area contributed by atoms with Crippen molar-refractivity contribution in [2.45, 2.75) is 45.7 Å². The molecule has 0 bridgehead atoms. The molecule has 3 rings (SSSR count). The van der Waals surface area contributed by atoms with Crippen molar-refractivity contribution in [2.75, 3.05) is 39.3 Å². The molecule has 5 heteroatoms. The van der Waals surface area contributed by atoms with Gasteiger partial charge >= 0.3 is 0 Å². The minimum absolute atomic E-state index is 0.331. The molecule has 0 aliphatic carbocycles. The molecule has 1 aromatic heterocycles. The Hall–Kier alpha value is -0.910. The van der Waals surface area contributed by atoms with Crippen molar-refractivity contribution in [1.82, 2.24) is 14.7 Å². The quantitative estimate of drug-likeness (QED) is 0.818. The summed E-state index contributed by atoms with van der Waals surface area (Å²) in [5, 5.41) is 4.36. The molecule has 0 radical (unpaired) electrons. The highest BCUT2D eigenvalue weighted by molar-refractivity contribution is 7.07. The van der Waals surface area contributed by atoms with E-state index in [1.807, 2.05) is 0 Å². The van der Waals surface area contributed by atoms with Gasteiger partial charge in [0.25, 0.3) is 0 Å². The van der Waals surface area contributed by atoms with Crippen LogP contribution in [0.15, 0.2) is 16.8 Å². The van der Waals surface area contributed by atoms with Crippen LogP contribution >= 0.6 is 11.3 Å². The van der Waals surface area contributed by atoms with Gasteiger partial charge in [-0.25, -0.2) is 0 Å². The van der Waals surface area contributed by atoms with E-state index in [2.05, 4.69) is 45.4 Å². The fourth-order valence-electron chi connectivity index (χ4n) is 4.04. The molecule has 1 aromatic rings. The largest absolute Gasteiger partial charge is 0.339 e. The zero-order valence-corrected chi connectivity index (χ0v) is 15.9. The van der Waals surface area contributed by atoms with Crippen LogP contribution in [0.5, 0.6) is 0 Å². The molecule has 3 heterocycles. The molecule has 1 amide bonds. The zero-order valence-electron chi connectivity index (χ0n) is 15.1. The summed E-state index contributed by atoms with van der Waals surface area (Å²) in [4.78, 5) is 19.7. The van der Waals surface area contributed by atoms with Crippen LogP contribution in [0.4, 0.5) is 0 Å². The van der Waals surface area contributed by atoms with Crippen molar-refractivity contribution in [3.05, 3.63) is 22.4 Å². The van der Waals surface area contributed by atoms with Gasteiger partial charge in [0.1, 0.15) is 0 Å². The predicted octanol–water partition coefficient (Wildman–Crippen LogP) is 2.90. The van der Waals surface area contributed by atoms with Crippen LogP contribution in [0.25, 0.3) is 0 Å². The highest BCUT2D eigenvalue weighted by Gasteiger charge is 2.29. The van der Waals surface area contributed by atoms with Gasteiger partial charge in [0.05, 0.1) is 6.54 Å². The van der Waals surface area contributed by atoms with Crippen LogP contribution in [0.2, 0.25) is 0 Å². The van der Waals surface area contributed by atoms with Crippen molar-refractivity contribution in [2.24, 2.45) is 5.92 Å². The summed E-state index contributed by atoms with van der Waals surface area (Å²) in [5.74, 6) is 0.971. The van der Waals surface area contributed by atoms with Gasteiger partial charge in [-0.05, 0) is 47.7 Å². The Morgan fingerprint density at radius 3 is 2.67 bits per heavy atom. The van der Waals surface area contributed by atoms with Gasteiger partial charge in [0.15, 0.2) is 0 Å². The van der Waals surface area contributed by atoms with Gasteiger partial charge < -0.3 is 4.90 Å². The average Bonchev–Trinajstić information content (AvgIpc) is 3.09. The maximum absolute atomic E-state index is 12.7. The molecule has 1 atom stereocenters. The van der Waals surface area contributed by atoms with Crippen LogP contribution in [0, 0.1) is 5.92 Å².